The third kappa shape index (κ3) is 2.18. The average molecular weight is 151 g/mol. The van der Waals surface area contributed by atoms with E-state index in [2.05, 4.69) is 26.9 Å². The van der Waals surface area contributed by atoms with E-state index in [4.69, 9.17) is 11.6 Å². The first-order valence-corrected chi connectivity index (χ1v) is 6.49. The van der Waals surface area contributed by atoms with E-state index in [0.717, 1.165) is 5.88 Å². The molecule has 0 aliphatic rings. The van der Waals surface area contributed by atoms with E-state index < -0.39 is 8.80 Å². The Labute approximate surface area is 58.8 Å². The number of halogens is 1. The molecule has 0 atom stereocenters. The van der Waals surface area contributed by atoms with Crippen molar-refractivity contribution in [2.75, 3.05) is 5.88 Å². The minimum atomic E-state index is -0.512. The predicted molar refractivity (Wildman–Crippen MR) is 43.6 cm³/mol. The first-order chi connectivity index (χ1) is 3.50. The van der Waals surface area contributed by atoms with Crippen LogP contribution in [0.1, 0.15) is 13.8 Å². The van der Waals surface area contributed by atoms with Crippen molar-refractivity contribution in [1.82, 2.24) is 0 Å². The molecule has 0 fully saturated rings. The fourth-order valence-electron chi connectivity index (χ4n) is 0.154. The van der Waals surface area contributed by atoms with Crippen LogP contribution in [0, 0.1) is 0 Å². The standard InChI is InChI=1S/C6H15ClSi/c1-6(2,5-7)8(3)4/h8H,5H2,1-4H3. The van der Waals surface area contributed by atoms with Gasteiger partial charge in [0.2, 0.25) is 0 Å². The lowest BCUT2D eigenvalue weighted by Crippen LogP contribution is -2.22. The van der Waals surface area contributed by atoms with Gasteiger partial charge < -0.3 is 0 Å². The monoisotopic (exact) mass is 150 g/mol. The summed E-state index contributed by atoms with van der Waals surface area (Å²) >= 11 is 5.72. The minimum Gasteiger partial charge on any atom is -0.126 e. The largest absolute Gasteiger partial charge is 0.126 e. The van der Waals surface area contributed by atoms with Crippen LogP contribution in [0.25, 0.3) is 0 Å². The van der Waals surface area contributed by atoms with Gasteiger partial charge in [0.1, 0.15) is 0 Å². The molecule has 2 heteroatoms. The van der Waals surface area contributed by atoms with Crippen LogP contribution in [-0.4, -0.2) is 14.7 Å². The van der Waals surface area contributed by atoms with E-state index in [9.17, 15) is 0 Å². The maximum atomic E-state index is 5.72. The molecule has 0 amide bonds. The van der Waals surface area contributed by atoms with Crippen LogP contribution in [0.15, 0.2) is 0 Å². The van der Waals surface area contributed by atoms with Crippen molar-refractivity contribution in [3.05, 3.63) is 0 Å². The first-order valence-electron chi connectivity index (χ1n) is 3.06. The highest BCUT2D eigenvalue weighted by Gasteiger charge is 2.21. The van der Waals surface area contributed by atoms with Crippen LogP contribution in [0.5, 0.6) is 0 Å². The van der Waals surface area contributed by atoms with Crippen molar-refractivity contribution in [3.8, 4) is 0 Å². The Morgan fingerprint density at radius 3 is 1.75 bits per heavy atom. The summed E-state index contributed by atoms with van der Waals surface area (Å²) in [5, 5.41) is 0.446. The van der Waals surface area contributed by atoms with E-state index in [1.54, 1.807) is 0 Å². The summed E-state index contributed by atoms with van der Waals surface area (Å²) in [5.74, 6) is 0.816. The fourth-order valence-corrected chi connectivity index (χ4v) is 1.39. The summed E-state index contributed by atoms with van der Waals surface area (Å²) in [5.41, 5.74) is 0. The number of alkyl halides is 1. The quantitative estimate of drug-likeness (QED) is 0.419. The number of hydrogen-bond donors (Lipinski definition) is 0. The zero-order chi connectivity index (χ0) is 6.78. The van der Waals surface area contributed by atoms with Crippen LogP contribution < -0.4 is 0 Å². The molecule has 0 rings (SSSR count). The van der Waals surface area contributed by atoms with Crippen molar-refractivity contribution < 1.29 is 0 Å². The molecule has 0 aromatic heterocycles. The van der Waals surface area contributed by atoms with Crippen LogP contribution in [0.4, 0.5) is 0 Å². The van der Waals surface area contributed by atoms with Crippen molar-refractivity contribution in [2.24, 2.45) is 0 Å². The normalized spacial score (nSPS) is 12.8. The van der Waals surface area contributed by atoms with Gasteiger partial charge in [-0.15, -0.1) is 11.6 Å². The smallest absolute Gasteiger partial charge is 0.0380 e. The summed E-state index contributed by atoms with van der Waals surface area (Å²) < 4.78 is 0. The van der Waals surface area contributed by atoms with Gasteiger partial charge in [0, 0.05) is 14.7 Å². The van der Waals surface area contributed by atoms with Crippen molar-refractivity contribution in [3.63, 3.8) is 0 Å². The van der Waals surface area contributed by atoms with Gasteiger partial charge in [0.05, 0.1) is 0 Å². The second-order valence-corrected chi connectivity index (χ2v) is 7.42. The minimum absolute atomic E-state index is 0.446. The fraction of sp³-hybridized carbons (Fsp3) is 1.00. The second kappa shape index (κ2) is 2.88. The highest BCUT2D eigenvalue weighted by atomic mass is 35.5. The zero-order valence-corrected chi connectivity index (χ0v) is 8.07. The molecule has 0 aromatic rings. The molecule has 0 spiro atoms. The Bertz CT molecular complexity index is 68.9. The van der Waals surface area contributed by atoms with Gasteiger partial charge in [0.25, 0.3) is 0 Å². The van der Waals surface area contributed by atoms with Gasteiger partial charge in [0.15, 0.2) is 0 Å². The van der Waals surface area contributed by atoms with Crippen molar-refractivity contribution in [1.29, 1.82) is 0 Å². The van der Waals surface area contributed by atoms with Gasteiger partial charge in [-0.2, -0.15) is 0 Å². The van der Waals surface area contributed by atoms with Crippen LogP contribution in [0.3, 0.4) is 0 Å². The third-order valence-corrected chi connectivity index (χ3v) is 6.18. The van der Waals surface area contributed by atoms with Gasteiger partial charge in [-0.3, -0.25) is 0 Å². The molecule has 0 saturated carbocycles. The van der Waals surface area contributed by atoms with Crippen LogP contribution in [-0.2, 0) is 0 Å². The van der Waals surface area contributed by atoms with Crippen molar-refractivity contribution in [2.45, 2.75) is 32.0 Å². The Kier molecular flexibility index (Phi) is 3.06. The van der Waals surface area contributed by atoms with E-state index in [0.29, 0.717) is 5.04 Å². The number of hydrogen-bond acceptors (Lipinski definition) is 0. The second-order valence-electron chi connectivity index (χ2n) is 3.28. The molecule has 0 aliphatic heterocycles. The SMILES string of the molecule is C[SiH](C)C(C)(C)CCl. The molecule has 0 N–H and O–H groups in total. The van der Waals surface area contributed by atoms with Crippen molar-refractivity contribution >= 4 is 20.4 Å². The summed E-state index contributed by atoms with van der Waals surface area (Å²) in [6.45, 7) is 9.17. The van der Waals surface area contributed by atoms with Gasteiger partial charge in [-0.25, -0.2) is 0 Å². The highest BCUT2D eigenvalue weighted by Crippen LogP contribution is 2.28. The molecule has 0 aromatic carbocycles. The molecule has 8 heavy (non-hydrogen) atoms. The average Bonchev–Trinajstić information content (AvgIpc) is 1.67. The molecule has 0 saturated heterocycles. The molecule has 0 radical (unpaired) electrons. The maximum absolute atomic E-state index is 5.72. The Morgan fingerprint density at radius 1 is 1.38 bits per heavy atom. The van der Waals surface area contributed by atoms with Gasteiger partial charge >= 0.3 is 0 Å². The lowest BCUT2D eigenvalue weighted by Gasteiger charge is -2.24. The van der Waals surface area contributed by atoms with E-state index >= 15 is 0 Å². The van der Waals surface area contributed by atoms with Gasteiger partial charge in [-0.1, -0.05) is 26.9 Å². The first kappa shape index (κ1) is 8.51. The van der Waals surface area contributed by atoms with E-state index in [1.165, 1.54) is 0 Å². The zero-order valence-electron chi connectivity index (χ0n) is 6.16. The maximum Gasteiger partial charge on any atom is 0.0380 e. The molecule has 50 valence electrons. The van der Waals surface area contributed by atoms with Crippen LogP contribution >= 0.6 is 11.6 Å². The van der Waals surface area contributed by atoms with Gasteiger partial charge in [-0.05, 0) is 5.04 Å². The molecule has 0 nitrogen and oxygen atoms in total. The summed E-state index contributed by atoms with van der Waals surface area (Å²) in [6.07, 6.45) is 0. The number of rotatable bonds is 2. The Balaban J connectivity index is 3.71. The van der Waals surface area contributed by atoms with Crippen LogP contribution in [0.2, 0.25) is 18.1 Å². The molecule has 0 bridgehead atoms. The Morgan fingerprint density at radius 2 is 1.75 bits per heavy atom. The van der Waals surface area contributed by atoms with E-state index in [1.807, 2.05) is 0 Å². The molecule has 0 unspecified atom stereocenters. The summed E-state index contributed by atoms with van der Waals surface area (Å²) in [6, 6.07) is 0. The third-order valence-electron chi connectivity index (χ3n) is 1.91. The summed E-state index contributed by atoms with van der Waals surface area (Å²) in [4.78, 5) is 0. The summed E-state index contributed by atoms with van der Waals surface area (Å²) in [7, 11) is -0.512. The van der Waals surface area contributed by atoms with E-state index in [-0.39, 0.29) is 0 Å². The molecule has 0 heterocycles. The topological polar surface area (TPSA) is 0 Å². The molecule has 0 aliphatic carbocycles. The lowest BCUT2D eigenvalue weighted by molar-refractivity contribution is 0.750. The Hall–Kier alpha value is 0.507. The molecular weight excluding hydrogens is 136 g/mol. The molecular formula is C6H15ClSi. The lowest BCUT2D eigenvalue weighted by atomic mass is 10.2. The predicted octanol–water partition coefficient (Wildman–Crippen LogP) is 2.49. The highest BCUT2D eigenvalue weighted by molar-refractivity contribution is 6.60.